The number of carbonyl (C=O) groups is 7. The van der Waals surface area contributed by atoms with Gasteiger partial charge in [0.25, 0.3) is 0 Å². The zero-order valence-electron chi connectivity index (χ0n) is 32.9. The molecule has 0 aliphatic rings. The maximum atomic E-state index is 13.7. The number of amides is 7. The molecule has 1 unspecified atom stereocenters. The van der Waals surface area contributed by atoms with E-state index in [-0.39, 0.29) is 44.2 Å². The first-order valence-electron chi connectivity index (χ1n) is 18.9. The van der Waals surface area contributed by atoms with Gasteiger partial charge in [-0.2, -0.15) is 0 Å². The van der Waals surface area contributed by atoms with Crippen molar-refractivity contribution in [3.05, 3.63) is 0 Å². The molecule has 0 aromatic rings. The third-order valence-electron chi connectivity index (χ3n) is 8.86. The molecule has 0 aliphatic heterocycles. The Morgan fingerprint density at radius 2 is 1.20 bits per heavy atom. The van der Waals surface area contributed by atoms with Crippen molar-refractivity contribution in [2.75, 3.05) is 13.1 Å². The lowest BCUT2D eigenvalue weighted by molar-refractivity contribution is -0.134. The zero-order chi connectivity index (χ0) is 41.4. The Labute approximate surface area is 319 Å². The standard InChI is InChI=1S/C35H67N11O8/c1-7-10-13-23(43-33(53)28(20(4)9-3)46-34(54)29(21(5)47)42-22(6)48)19-41-25(14-11-8-2)31(51)45-26(16-17-27(36)49)32(52)44-24(30(37)50)15-12-18-40-35(38)39/h20-21,23-26,28-29,41,47H,7-19H2,1-6H3,(H2,36,49)(H2,37,50)(H,42,48)(H,43,53)(H,44,52)(H,45,51)(H,46,54)(H4,38,39,40)/t20-,21+,23?,24-,25-,26-,28-,29-/m0/s1. The van der Waals surface area contributed by atoms with Crippen molar-refractivity contribution in [2.24, 2.45) is 33.8 Å². The fourth-order valence-corrected chi connectivity index (χ4v) is 5.44. The zero-order valence-corrected chi connectivity index (χ0v) is 32.9. The molecule has 0 saturated heterocycles. The van der Waals surface area contributed by atoms with E-state index in [1.165, 1.54) is 13.8 Å². The summed E-state index contributed by atoms with van der Waals surface area (Å²) >= 11 is 0. The average molecular weight is 770 g/mol. The van der Waals surface area contributed by atoms with Crippen molar-refractivity contribution < 1.29 is 38.7 Å². The predicted molar refractivity (Wildman–Crippen MR) is 205 cm³/mol. The summed E-state index contributed by atoms with van der Waals surface area (Å²) in [7, 11) is 0. The third kappa shape index (κ3) is 20.6. The highest BCUT2D eigenvalue weighted by Crippen LogP contribution is 2.12. The second-order valence-corrected chi connectivity index (χ2v) is 13.7. The van der Waals surface area contributed by atoms with Crippen LogP contribution in [0.25, 0.3) is 0 Å². The summed E-state index contributed by atoms with van der Waals surface area (Å²) in [6.45, 7) is 10.6. The highest BCUT2D eigenvalue weighted by atomic mass is 16.3. The summed E-state index contributed by atoms with van der Waals surface area (Å²) in [6, 6.07) is -5.84. The smallest absolute Gasteiger partial charge is 0.245 e. The van der Waals surface area contributed by atoms with Crippen LogP contribution in [0.2, 0.25) is 0 Å². The number of aliphatic hydroxyl groups is 1. The van der Waals surface area contributed by atoms with E-state index in [0.29, 0.717) is 32.1 Å². The van der Waals surface area contributed by atoms with Gasteiger partial charge in [-0.25, -0.2) is 0 Å². The van der Waals surface area contributed by atoms with E-state index in [2.05, 4.69) is 36.9 Å². The third-order valence-corrected chi connectivity index (χ3v) is 8.86. The Balaban J connectivity index is 6.07. The topological polar surface area (TPSA) is 328 Å². The number of nitrogens with zero attached hydrogens (tertiary/aromatic N) is 1. The lowest BCUT2D eigenvalue weighted by Gasteiger charge is -2.30. The molecule has 19 nitrogen and oxygen atoms in total. The highest BCUT2D eigenvalue weighted by Gasteiger charge is 2.33. The van der Waals surface area contributed by atoms with E-state index in [0.717, 1.165) is 19.3 Å². The van der Waals surface area contributed by atoms with Gasteiger partial charge in [0, 0.05) is 32.5 Å². The number of carbonyl (C=O) groups excluding carboxylic acids is 7. The van der Waals surface area contributed by atoms with Crippen molar-refractivity contribution in [3.8, 4) is 0 Å². The van der Waals surface area contributed by atoms with Gasteiger partial charge in [-0.15, -0.1) is 0 Å². The van der Waals surface area contributed by atoms with Crippen molar-refractivity contribution in [1.29, 1.82) is 0 Å². The van der Waals surface area contributed by atoms with Crippen molar-refractivity contribution in [3.63, 3.8) is 0 Å². The molecule has 0 aliphatic carbocycles. The van der Waals surface area contributed by atoms with E-state index in [4.69, 9.17) is 22.9 Å². The van der Waals surface area contributed by atoms with Crippen LogP contribution in [-0.4, -0.2) is 108 Å². The second kappa shape index (κ2) is 27.1. The molecule has 7 amide bonds. The van der Waals surface area contributed by atoms with Crippen LogP contribution in [0.3, 0.4) is 0 Å². The Morgan fingerprint density at radius 1 is 0.648 bits per heavy atom. The number of aliphatic hydroxyl groups excluding tert-OH is 1. The minimum atomic E-state index is -1.26. The van der Waals surface area contributed by atoms with E-state index in [9.17, 15) is 38.7 Å². The minimum Gasteiger partial charge on any atom is -0.391 e. The number of aliphatic imine (C=N–C) groups is 1. The Kier molecular flexibility index (Phi) is 24.9. The quantitative estimate of drug-likeness (QED) is 0.0225. The summed E-state index contributed by atoms with van der Waals surface area (Å²) in [4.78, 5) is 93.1. The molecule has 0 aromatic carbocycles. The maximum absolute atomic E-state index is 13.7. The molecular weight excluding hydrogens is 702 g/mol. The normalized spacial score (nSPS) is 15.5. The molecule has 54 heavy (non-hydrogen) atoms. The van der Waals surface area contributed by atoms with E-state index in [1.807, 2.05) is 20.8 Å². The molecule has 310 valence electrons. The van der Waals surface area contributed by atoms with E-state index >= 15 is 0 Å². The van der Waals surface area contributed by atoms with Gasteiger partial charge >= 0.3 is 0 Å². The number of primary amides is 2. The second-order valence-electron chi connectivity index (χ2n) is 13.7. The molecule has 15 N–H and O–H groups in total. The van der Waals surface area contributed by atoms with Gasteiger partial charge in [-0.3, -0.25) is 38.6 Å². The number of guanidine groups is 1. The number of hydrogen-bond donors (Lipinski definition) is 11. The average Bonchev–Trinajstić information content (AvgIpc) is 3.09. The van der Waals surface area contributed by atoms with Crippen LogP contribution in [0.15, 0.2) is 4.99 Å². The highest BCUT2D eigenvalue weighted by molar-refractivity contribution is 5.94. The molecule has 0 saturated carbocycles. The Morgan fingerprint density at radius 3 is 1.72 bits per heavy atom. The summed E-state index contributed by atoms with van der Waals surface area (Å²) in [6.07, 6.45) is 3.31. The van der Waals surface area contributed by atoms with Gasteiger partial charge in [0.1, 0.15) is 24.2 Å². The van der Waals surface area contributed by atoms with Crippen LogP contribution in [0.4, 0.5) is 0 Å². The number of hydrogen-bond acceptors (Lipinski definition) is 10. The number of rotatable bonds is 29. The molecule has 0 aromatic heterocycles. The van der Waals surface area contributed by atoms with Crippen molar-refractivity contribution >= 4 is 47.3 Å². The van der Waals surface area contributed by atoms with Gasteiger partial charge in [0.2, 0.25) is 41.4 Å². The molecule has 0 radical (unpaired) electrons. The number of unbranched alkanes of at least 4 members (excludes halogenated alkanes) is 2. The molecular formula is C35H67N11O8. The SMILES string of the molecule is CCCCC(CN[C@@H](CCCC)C(=O)N[C@@H](CCC(N)=O)C(=O)N[C@@H](CCCN=C(N)N)C(N)=O)NC(=O)[C@@H](NC(=O)[C@@H](NC(C)=O)[C@@H](C)O)[C@@H](C)CC. The lowest BCUT2D eigenvalue weighted by atomic mass is 9.96. The monoisotopic (exact) mass is 770 g/mol. The maximum Gasteiger partial charge on any atom is 0.245 e. The number of nitrogens with two attached hydrogens (primary N) is 4. The molecule has 0 bridgehead atoms. The number of nitrogens with one attached hydrogen (secondary N) is 6. The van der Waals surface area contributed by atoms with Gasteiger partial charge in [-0.05, 0) is 44.9 Å². The van der Waals surface area contributed by atoms with Crippen LogP contribution in [0.5, 0.6) is 0 Å². The fourth-order valence-electron chi connectivity index (χ4n) is 5.44. The van der Waals surface area contributed by atoms with Crippen LogP contribution in [-0.2, 0) is 33.6 Å². The van der Waals surface area contributed by atoms with Gasteiger partial charge in [0.15, 0.2) is 5.96 Å². The molecule has 0 heterocycles. The first-order valence-corrected chi connectivity index (χ1v) is 18.9. The van der Waals surface area contributed by atoms with E-state index in [1.54, 1.807) is 6.92 Å². The van der Waals surface area contributed by atoms with Gasteiger partial charge in [-0.1, -0.05) is 59.8 Å². The molecule has 0 rings (SSSR count). The summed E-state index contributed by atoms with van der Waals surface area (Å²) in [5.41, 5.74) is 21.5. The van der Waals surface area contributed by atoms with E-state index < -0.39 is 83.7 Å². The van der Waals surface area contributed by atoms with Gasteiger partial charge < -0.3 is 59.9 Å². The van der Waals surface area contributed by atoms with Crippen molar-refractivity contribution in [2.45, 2.75) is 155 Å². The summed E-state index contributed by atoms with van der Waals surface area (Å²) < 4.78 is 0. The largest absolute Gasteiger partial charge is 0.391 e. The van der Waals surface area contributed by atoms with Crippen LogP contribution < -0.4 is 54.8 Å². The van der Waals surface area contributed by atoms with Crippen LogP contribution in [0, 0.1) is 5.92 Å². The molecule has 0 fully saturated rings. The molecule has 0 spiro atoms. The minimum absolute atomic E-state index is 0.123. The van der Waals surface area contributed by atoms with Crippen LogP contribution in [0.1, 0.15) is 112 Å². The van der Waals surface area contributed by atoms with Crippen molar-refractivity contribution in [1.82, 2.24) is 31.9 Å². The first kappa shape index (κ1) is 49.5. The van der Waals surface area contributed by atoms with Gasteiger partial charge in [0.05, 0.1) is 12.1 Å². The predicted octanol–water partition coefficient (Wildman–Crippen LogP) is -2.00. The Bertz CT molecular complexity index is 1250. The molecule has 8 atom stereocenters. The van der Waals surface area contributed by atoms with Crippen LogP contribution >= 0.6 is 0 Å². The Hall–Kier alpha value is -4.52. The first-order chi connectivity index (χ1) is 25.4. The fraction of sp³-hybridized carbons (Fsp3) is 0.771. The molecule has 19 heteroatoms. The summed E-state index contributed by atoms with van der Waals surface area (Å²) in [5, 5.41) is 26.7. The lowest BCUT2D eigenvalue weighted by Crippen LogP contribution is -2.60. The summed E-state index contributed by atoms with van der Waals surface area (Å²) in [5.74, 6) is -4.88.